The molecule has 1 aromatic carbocycles. The van der Waals surface area contributed by atoms with Crippen molar-refractivity contribution in [3.05, 3.63) is 35.9 Å². The van der Waals surface area contributed by atoms with E-state index >= 15 is 0 Å². The molecular weight excluding hydrogens is 264 g/mol. The number of amides is 1. The van der Waals surface area contributed by atoms with Crippen LogP contribution in [0.4, 0.5) is 0 Å². The van der Waals surface area contributed by atoms with Gasteiger partial charge in [0.15, 0.2) is 0 Å². The second-order valence-corrected chi connectivity index (χ2v) is 6.17. The molecule has 2 aliphatic rings. The molecule has 2 saturated heterocycles. The summed E-state index contributed by atoms with van der Waals surface area (Å²) in [6.45, 7) is 4.10. The number of ether oxygens (including phenoxy) is 1. The number of morpholine rings is 1. The summed E-state index contributed by atoms with van der Waals surface area (Å²) in [5.41, 5.74) is 1.45. The predicted molar refractivity (Wildman–Crippen MR) is 82.1 cm³/mol. The zero-order valence-corrected chi connectivity index (χ0v) is 12.5. The molecule has 1 amide bonds. The summed E-state index contributed by atoms with van der Waals surface area (Å²) in [7, 11) is 0. The third-order valence-corrected chi connectivity index (χ3v) is 4.51. The monoisotopic (exact) mass is 288 g/mol. The molecule has 4 nitrogen and oxygen atoms in total. The highest BCUT2D eigenvalue weighted by Gasteiger charge is 2.24. The predicted octanol–water partition coefficient (Wildman–Crippen LogP) is 1.46. The van der Waals surface area contributed by atoms with Gasteiger partial charge in [0.05, 0.1) is 6.10 Å². The van der Waals surface area contributed by atoms with Crippen LogP contribution in [0.1, 0.15) is 18.4 Å². The van der Waals surface area contributed by atoms with E-state index in [0.29, 0.717) is 6.54 Å². The van der Waals surface area contributed by atoms with E-state index in [4.69, 9.17) is 4.74 Å². The van der Waals surface area contributed by atoms with Crippen molar-refractivity contribution in [1.29, 1.82) is 0 Å². The first-order valence-corrected chi connectivity index (χ1v) is 7.94. The fourth-order valence-corrected chi connectivity index (χ4v) is 3.26. The summed E-state index contributed by atoms with van der Waals surface area (Å²) in [5.74, 6) is 0.809. The van der Waals surface area contributed by atoms with E-state index in [1.54, 1.807) is 0 Å². The Hall–Kier alpha value is -1.39. The van der Waals surface area contributed by atoms with E-state index in [0.717, 1.165) is 25.6 Å². The lowest BCUT2D eigenvalue weighted by atomic mass is 9.90. The minimum Gasteiger partial charge on any atom is -0.365 e. The van der Waals surface area contributed by atoms with Crippen LogP contribution in [0.3, 0.4) is 0 Å². The Kier molecular flexibility index (Phi) is 4.88. The van der Waals surface area contributed by atoms with E-state index in [1.807, 2.05) is 0 Å². The molecule has 2 fully saturated rings. The Morgan fingerprint density at radius 2 is 1.95 bits per heavy atom. The molecule has 2 aliphatic heterocycles. The SMILES string of the molecule is O=C1COC(CN2CCC(Cc3ccccc3)CC2)CN1. The van der Waals surface area contributed by atoms with Crippen LogP contribution in [0.5, 0.6) is 0 Å². The quantitative estimate of drug-likeness (QED) is 0.912. The largest absolute Gasteiger partial charge is 0.365 e. The first-order chi connectivity index (χ1) is 10.3. The maximum atomic E-state index is 11.1. The fourth-order valence-electron chi connectivity index (χ4n) is 3.26. The van der Waals surface area contributed by atoms with Gasteiger partial charge >= 0.3 is 0 Å². The van der Waals surface area contributed by atoms with Crippen molar-refractivity contribution in [2.75, 3.05) is 32.8 Å². The van der Waals surface area contributed by atoms with Gasteiger partial charge in [-0.15, -0.1) is 0 Å². The third-order valence-electron chi connectivity index (χ3n) is 4.51. The number of carbonyl (C=O) groups is 1. The van der Waals surface area contributed by atoms with Crippen LogP contribution in [-0.2, 0) is 16.0 Å². The third kappa shape index (κ3) is 4.29. The van der Waals surface area contributed by atoms with Gasteiger partial charge in [0.25, 0.3) is 0 Å². The molecule has 0 spiro atoms. The molecule has 21 heavy (non-hydrogen) atoms. The first kappa shape index (κ1) is 14.5. The summed E-state index contributed by atoms with van der Waals surface area (Å²) in [4.78, 5) is 13.5. The molecule has 1 N–H and O–H groups in total. The average Bonchev–Trinajstić information content (AvgIpc) is 2.53. The van der Waals surface area contributed by atoms with Crippen LogP contribution in [-0.4, -0.2) is 49.7 Å². The molecule has 0 aliphatic carbocycles. The van der Waals surface area contributed by atoms with E-state index in [1.165, 1.54) is 24.8 Å². The first-order valence-electron chi connectivity index (χ1n) is 7.94. The lowest BCUT2D eigenvalue weighted by molar-refractivity contribution is -0.134. The van der Waals surface area contributed by atoms with Crippen molar-refractivity contribution in [2.45, 2.75) is 25.4 Å². The zero-order valence-electron chi connectivity index (χ0n) is 12.5. The van der Waals surface area contributed by atoms with Crippen molar-refractivity contribution in [3.8, 4) is 0 Å². The minimum atomic E-state index is 0.00724. The molecule has 0 saturated carbocycles. The smallest absolute Gasteiger partial charge is 0.246 e. The molecular formula is C17H24N2O2. The van der Waals surface area contributed by atoms with Gasteiger partial charge in [-0.3, -0.25) is 4.79 Å². The van der Waals surface area contributed by atoms with Gasteiger partial charge in [-0.05, 0) is 43.8 Å². The number of benzene rings is 1. The Bertz CT molecular complexity index is 445. The van der Waals surface area contributed by atoms with Crippen LogP contribution in [0.2, 0.25) is 0 Å². The van der Waals surface area contributed by atoms with Crippen LogP contribution in [0, 0.1) is 5.92 Å². The van der Waals surface area contributed by atoms with E-state index in [-0.39, 0.29) is 18.6 Å². The van der Waals surface area contributed by atoms with Gasteiger partial charge in [-0.25, -0.2) is 0 Å². The topological polar surface area (TPSA) is 41.6 Å². The molecule has 114 valence electrons. The lowest BCUT2D eigenvalue weighted by Gasteiger charge is -2.35. The summed E-state index contributed by atoms with van der Waals surface area (Å²) < 4.78 is 5.56. The maximum Gasteiger partial charge on any atom is 0.246 e. The molecule has 4 heteroatoms. The number of rotatable bonds is 4. The highest BCUT2D eigenvalue weighted by atomic mass is 16.5. The molecule has 0 bridgehead atoms. The molecule has 3 rings (SSSR count). The summed E-state index contributed by atoms with van der Waals surface area (Å²) in [6.07, 6.45) is 3.88. The molecule has 2 heterocycles. The van der Waals surface area contributed by atoms with Crippen molar-refractivity contribution in [3.63, 3.8) is 0 Å². The average molecular weight is 288 g/mol. The number of hydrogen-bond donors (Lipinski definition) is 1. The second kappa shape index (κ2) is 7.05. The van der Waals surface area contributed by atoms with Crippen molar-refractivity contribution < 1.29 is 9.53 Å². The Morgan fingerprint density at radius 3 is 2.62 bits per heavy atom. The standard InChI is InChI=1S/C17H24N2O2/c20-17-13-21-16(11-18-17)12-19-8-6-15(7-9-19)10-14-4-2-1-3-5-14/h1-5,15-16H,6-13H2,(H,18,20). The summed E-state index contributed by atoms with van der Waals surface area (Å²) in [6, 6.07) is 10.8. The lowest BCUT2D eigenvalue weighted by Crippen LogP contribution is -2.49. The second-order valence-electron chi connectivity index (χ2n) is 6.17. The molecule has 0 aromatic heterocycles. The van der Waals surface area contributed by atoms with Gasteiger partial charge < -0.3 is 15.0 Å². The highest BCUT2D eigenvalue weighted by Crippen LogP contribution is 2.22. The number of nitrogens with one attached hydrogen (secondary N) is 1. The number of carbonyl (C=O) groups excluding carboxylic acids is 1. The van der Waals surface area contributed by atoms with Crippen molar-refractivity contribution >= 4 is 5.91 Å². The molecule has 1 unspecified atom stereocenters. The van der Waals surface area contributed by atoms with Crippen molar-refractivity contribution in [2.24, 2.45) is 5.92 Å². The van der Waals surface area contributed by atoms with E-state index in [2.05, 4.69) is 40.5 Å². The molecule has 1 atom stereocenters. The van der Waals surface area contributed by atoms with Gasteiger partial charge in [0.1, 0.15) is 6.61 Å². The Morgan fingerprint density at radius 1 is 1.19 bits per heavy atom. The van der Waals surface area contributed by atoms with Gasteiger partial charge in [0.2, 0.25) is 5.91 Å². The summed E-state index contributed by atoms with van der Waals surface area (Å²) in [5, 5.41) is 2.87. The number of piperidine rings is 1. The number of hydrogen-bond acceptors (Lipinski definition) is 3. The number of nitrogens with zero attached hydrogens (tertiary/aromatic N) is 1. The van der Waals surface area contributed by atoms with Gasteiger partial charge in [-0.2, -0.15) is 0 Å². The van der Waals surface area contributed by atoms with Crippen LogP contribution >= 0.6 is 0 Å². The van der Waals surface area contributed by atoms with Gasteiger partial charge in [-0.1, -0.05) is 30.3 Å². The van der Waals surface area contributed by atoms with Crippen LogP contribution in [0.15, 0.2) is 30.3 Å². The van der Waals surface area contributed by atoms with Crippen LogP contribution in [0.25, 0.3) is 0 Å². The zero-order chi connectivity index (χ0) is 14.5. The Labute approximate surface area is 126 Å². The normalized spacial score (nSPS) is 24.8. The van der Waals surface area contributed by atoms with E-state index < -0.39 is 0 Å². The molecule has 0 radical (unpaired) electrons. The molecule has 1 aromatic rings. The van der Waals surface area contributed by atoms with Gasteiger partial charge in [0, 0.05) is 13.1 Å². The highest BCUT2D eigenvalue weighted by molar-refractivity contribution is 5.77. The minimum absolute atomic E-state index is 0.00724. The Balaban J connectivity index is 1.40. The summed E-state index contributed by atoms with van der Waals surface area (Å²) >= 11 is 0. The van der Waals surface area contributed by atoms with Crippen LogP contribution < -0.4 is 5.32 Å². The van der Waals surface area contributed by atoms with E-state index in [9.17, 15) is 4.79 Å². The number of likely N-dealkylation sites (tertiary alicyclic amines) is 1. The fraction of sp³-hybridized carbons (Fsp3) is 0.588. The van der Waals surface area contributed by atoms with Crippen molar-refractivity contribution in [1.82, 2.24) is 10.2 Å². The maximum absolute atomic E-state index is 11.1.